The van der Waals surface area contributed by atoms with Crippen molar-refractivity contribution in [3.63, 3.8) is 0 Å². The number of aromatic nitrogens is 2. The van der Waals surface area contributed by atoms with Crippen LogP contribution in [0.15, 0.2) is 12.4 Å². The lowest BCUT2D eigenvalue weighted by Crippen LogP contribution is -2.33. The van der Waals surface area contributed by atoms with Gasteiger partial charge in [-0.05, 0) is 20.3 Å². The van der Waals surface area contributed by atoms with Gasteiger partial charge in [0.25, 0.3) is 0 Å². The van der Waals surface area contributed by atoms with Crippen molar-refractivity contribution in [2.24, 2.45) is 0 Å². The minimum atomic E-state index is 0.425. The van der Waals surface area contributed by atoms with Crippen molar-refractivity contribution >= 4 is 17.5 Å². The van der Waals surface area contributed by atoms with Crippen LogP contribution < -0.4 is 4.90 Å². The van der Waals surface area contributed by atoms with Crippen LogP contribution in [-0.2, 0) is 5.88 Å². The van der Waals surface area contributed by atoms with Crippen molar-refractivity contribution in [2.75, 3.05) is 11.4 Å². The average molecular weight is 256 g/mol. The lowest BCUT2D eigenvalue weighted by atomic mass is 10.2. The Bertz CT molecular complexity index is 311. The molecule has 4 heteroatoms. The van der Waals surface area contributed by atoms with E-state index in [1.807, 2.05) is 12.4 Å². The molecule has 0 radical (unpaired) electrons. The van der Waals surface area contributed by atoms with Crippen LogP contribution in [0, 0.1) is 0 Å². The predicted octanol–water partition coefficient (Wildman–Crippen LogP) is 3.62. The summed E-state index contributed by atoms with van der Waals surface area (Å²) in [5.41, 5.74) is 0.965. The van der Waals surface area contributed by atoms with E-state index < -0.39 is 0 Å². The number of halogens is 1. The van der Waals surface area contributed by atoms with E-state index in [1.165, 1.54) is 19.3 Å². The van der Waals surface area contributed by atoms with Crippen LogP contribution in [-0.4, -0.2) is 22.6 Å². The molecule has 0 unspecified atom stereocenters. The molecule has 1 heterocycles. The Balaban J connectivity index is 2.68. The lowest BCUT2D eigenvalue weighted by Gasteiger charge is -2.26. The van der Waals surface area contributed by atoms with Crippen LogP contribution in [0.4, 0.5) is 5.95 Å². The highest BCUT2D eigenvalue weighted by molar-refractivity contribution is 6.17. The number of anilines is 1. The average Bonchev–Trinajstić information content (AvgIpc) is 2.34. The van der Waals surface area contributed by atoms with Gasteiger partial charge in [0.1, 0.15) is 0 Å². The zero-order valence-corrected chi connectivity index (χ0v) is 11.7. The second kappa shape index (κ2) is 7.49. The van der Waals surface area contributed by atoms with Gasteiger partial charge in [0, 0.05) is 30.5 Å². The first-order valence-electron chi connectivity index (χ1n) is 6.32. The van der Waals surface area contributed by atoms with Crippen LogP contribution in [0.3, 0.4) is 0 Å². The maximum atomic E-state index is 5.73. The Morgan fingerprint density at radius 2 is 1.88 bits per heavy atom. The molecule has 0 bridgehead atoms. The number of rotatable bonds is 7. The molecule has 0 spiro atoms. The Labute approximate surface area is 109 Å². The van der Waals surface area contributed by atoms with Crippen molar-refractivity contribution < 1.29 is 0 Å². The third-order valence-electron chi connectivity index (χ3n) is 2.73. The van der Waals surface area contributed by atoms with Crippen LogP contribution in [0.1, 0.15) is 45.6 Å². The van der Waals surface area contributed by atoms with Crippen LogP contribution in [0.2, 0.25) is 0 Å². The summed E-state index contributed by atoms with van der Waals surface area (Å²) in [4.78, 5) is 11.0. The maximum absolute atomic E-state index is 5.73. The summed E-state index contributed by atoms with van der Waals surface area (Å²) in [6, 6.07) is 0.425. The second-order valence-corrected chi connectivity index (χ2v) is 4.79. The molecule has 3 nitrogen and oxygen atoms in total. The van der Waals surface area contributed by atoms with Crippen LogP contribution in [0.5, 0.6) is 0 Å². The summed E-state index contributed by atoms with van der Waals surface area (Å²) in [7, 11) is 0. The fourth-order valence-corrected chi connectivity index (χ4v) is 1.82. The summed E-state index contributed by atoms with van der Waals surface area (Å²) in [6.45, 7) is 7.58. The van der Waals surface area contributed by atoms with Gasteiger partial charge in [-0.25, -0.2) is 9.97 Å². The van der Waals surface area contributed by atoms with Gasteiger partial charge in [-0.2, -0.15) is 0 Å². The first kappa shape index (κ1) is 14.2. The molecule has 96 valence electrons. The molecule has 0 aromatic carbocycles. The summed E-state index contributed by atoms with van der Waals surface area (Å²) in [5, 5.41) is 0. The molecular formula is C13H22ClN3. The molecule has 0 amide bonds. The minimum absolute atomic E-state index is 0.425. The molecule has 1 aromatic rings. The molecule has 0 N–H and O–H groups in total. The molecule has 0 saturated carbocycles. The first-order valence-corrected chi connectivity index (χ1v) is 6.86. The van der Waals surface area contributed by atoms with E-state index in [0.29, 0.717) is 11.9 Å². The summed E-state index contributed by atoms with van der Waals surface area (Å²) in [5.74, 6) is 1.28. The molecular weight excluding hydrogens is 234 g/mol. The van der Waals surface area contributed by atoms with Crippen molar-refractivity contribution in [2.45, 2.75) is 52.0 Å². The summed E-state index contributed by atoms with van der Waals surface area (Å²) < 4.78 is 0. The quantitative estimate of drug-likeness (QED) is 0.550. The topological polar surface area (TPSA) is 29.0 Å². The van der Waals surface area contributed by atoms with E-state index >= 15 is 0 Å². The largest absolute Gasteiger partial charge is 0.338 e. The first-order chi connectivity index (χ1) is 8.19. The Kier molecular flexibility index (Phi) is 6.27. The van der Waals surface area contributed by atoms with Gasteiger partial charge in [0.05, 0.1) is 5.88 Å². The number of nitrogens with zero attached hydrogens (tertiary/aromatic N) is 3. The zero-order chi connectivity index (χ0) is 12.7. The Morgan fingerprint density at radius 3 is 2.35 bits per heavy atom. The maximum Gasteiger partial charge on any atom is 0.225 e. The van der Waals surface area contributed by atoms with Crippen molar-refractivity contribution in [3.05, 3.63) is 18.0 Å². The van der Waals surface area contributed by atoms with E-state index in [-0.39, 0.29) is 0 Å². The number of unbranched alkanes of at least 4 members (excludes halogenated alkanes) is 2. The van der Waals surface area contributed by atoms with Gasteiger partial charge in [0.2, 0.25) is 5.95 Å². The highest BCUT2D eigenvalue weighted by Gasteiger charge is 2.12. The third-order valence-corrected chi connectivity index (χ3v) is 3.04. The Hall–Kier alpha value is -0.830. The summed E-state index contributed by atoms with van der Waals surface area (Å²) >= 11 is 5.73. The second-order valence-electron chi connectivity index (χ2n) is 4.52. The highest BCUT2D eigenvalue weighted by atomic mass is 35.5. The number of hydrogen-bond donors (Lipinski definition) is 0. The number of alkyl halides is 1. The normalized spacial score (nSPS) is 10.9. The summed E-state index contributed by atoms with van der Waals surface area (Å²) in [6.07, 6.45) is 7.30. The molecule has 17 heavy (non-hydrogen) atoms. The van der Waals surface area contributed by atoms with Crippen LogP contribution >= 0.6 is 11.6 Å². The van der Waals surface area contributed by atoms with E-state index in [2.05, 4.69) is 35.6 Å². The Morgan fingerprint density at radius 1 is 1.24 bits per heavy atom. The van der Waals surface area contributed by atoms with E-state index in [1.54, 1.807) is 0 Å². The molecule has 1 aromatic heterocycles. The van der Waals surface area contributed by atoms with E-state index in [0.717, 1.165) is 18.1 Å². The highest BCUT2D eigenvalue weighted by Crippen LogP contribution is 2.13. The third kappa shape index (κ3) is 4.50. The monoisotopic (exact) mass is 255 g/mol. The standard InChI is InChI=1S/C13H22ClN3/c1-4-5-6-7-17(11(2)3)13-15-9-12(8-14)10-16-13/h9-11H,4-8H2,1-3H3. The fraction of sp³-hybridized carbons (Fsp3) is 0.692. The van der Waals surface area contributed by atoms with Gasteiger partial charge < -0.3 is 4.90 Å². The molecule has 0 aliphatic heterocycles. The molecule has 0 saturated heterocycles. The van der Waals surface area contributed by atoms with Crippen molar-refractivity contribution in [1.29, 1.82) is 0 Å². The van der Waals surface area contributed by atoms with Gasteiger partial charge in [-0.15, -0.1) is 11.6 Å². The van der Waals surface area contributed by atoms with Crippen LogP contribution in [0.25, 0.3) is 0 Å². The SMILES string of the molecule is CCCCCN(c1ncc(CCl)cn1)C(C)C. The minimum Gasteiger partial charge on any atom is -0.338 e. The smallest absolute Gasteiger partial charge is 0.225 e. The van der Waals surface area contributed by atoms with Gasteiger partial charge in [0.15, 0.2) is 0 Å². The zero-order valence-electron chi connectivity index (χ0n) is 11.0. The molecule has 0 fully saturated rings. The van der Waals surface area contributed by atoms with E-state index in [4.69, 9.17) is 11.6 Å². The number of hydrogen-bond acceptors (Lipinski definition) is 3. The lowest BCUT2D eigenvalue weighted by molar-refractivity contribution is 0.612. The molecule has 1 rings (SSSR count). The predicted molar refractivity (Wildman–Crippen MR) is 73.6 cm³/mol. The van der Waals surface area contributed by atoms with Gasteiger partial charge in [-0.1, -0.05) is 19.8 Å². The van der Waals surface area contributed by atoms with E-state index in [9.17, 15) is 0 Å². The molecule has 0 aliphatic rings. The van der Waals surface area contributed by atoms with Gasteiger partial charge in [-0.3, -0.25) is 0 Å². The van der Waals surface area contributed by atoms with Crippen molar-refractivity contribution in [1.82, 2.24) is 9.97 Å². The fourth-order valence-electron chi connectivity index (χ4n) is 1.69. The molecule has 0 atom stereocenters. The molecule has 0 aliphatic carbocycles. The van der Waals surface area contributed by atoms with Gasteiger partial charge >= 0.3 is 0 Å². The van der Waals surface area contributed by atoms with Crippen molar-refractivity contribution in [3.8, 4) is 0 Å².